The molecule has 0 spiro atoms. The van der Waals surface area contributed by atoms with Crippen molar-refractivity contribution in [3.05, 3.63) is 71.3 Å². The fourth-order valence-corrected chi connectivity index (χ4v) is 3.63. The van der Waals surface area contributed by atoms with E-state index in [2.05, 4.69) is 15.1 Å². The summed E-state index contributed by atoms with van der Waals surface area (Å²) >= 11 is 0. The monoisotopic (exact) mass is 408 g/mol. The predicted molar refractivity (Wildman–Crippen MR) is 107 cm³/mol. The Kier molecular flexibility index (Phi) is 5.26. The molecule has 0 N–H and O–H groups in total. The van der Waals surface area contributed by atoms with E-state index in [1.54, 1.807) is 33.5 Å². The second kappa shape index (κ2) is 8.02. The van der Waals surface area contributed by atoms with Crippen molar-refractivity contribution in [3.63, 3.8) is 0 Å². The number of rotatable bonds is 3. The minimum Gasteiger partial charge on any atom is -0.335 e. The highest BCUT2D eigenvalue weighted by atomic mass is 19.1. The van der Waals surface area contributed by atoms with Crippen LogP contribution in [0.4, 0.5) is 4.39 Å². The van der Waals surface area contributed by atoms with Gasteiger partial charge in [0.25, 0.3) is 11.8 Å². The first kappa shape index (κ1) is 19.7. The largest absolute Gasteiger partial charge is 0.335 e. The van der Waals surface area contributed by atoms with E-state index in [9.17, 15) is 14.0 Å². The van der Waals surface area contributed by atoms with Crippen LogP contribution in [0.3, 0.4) is 0 Å². The van der Waals surface area contributed by atoms with E-state index in [1.807, 2.05) is 6.92 Å². The summed E-state index contributed by atoms with van der Waals surface area (Å²) in [4.78, 5) is 37.1. The van der Waals surface area contributed by atoms with Crippen LogP contribution in [0.1, 0.15) is 32.2 Å². The van der Waals surface area contributed by atoms with Crippen molar-refractivity contribution in [3.8, 4) is 5.69 Å². The molecule has 0 saturated carbocycles. The van der Waals surface area contributed by atoms with Crippen LogP contribution in [-0.2, 0) is 0 Å². The summed E-state index contributed by atoms with van der Waals surface area (Å²) in [5.41, 5.74) is 2.83. The molecule has 30 heavy (non-hydrogen) atoms. The smallest absolute Gasteiger partial charge is 0.274 e. The fraction of sp³-hybridized carbons (Fsp3) is 0.286. The molecule has 8 nitrogen and oxygen atoms in total. The minimum atomic E-state index is -0.328. The highest BCUT2D eigenvalue weighted by Gasteiger charge is 2.29. The highest BCUT2D eigenvalue weighted by molar-refractivity contribution is 5.97. The van der Waals surface area contributed by atoms with E-state index < -0.39 is 0 Å². The molecule has 0 aliphatic carbocycles. The second-order valence-electron chi connectivity index (χ2n) is 7.11. The number of benzene rings is 1. The average Bonchev–Trinajstić information content (AvgIpc) is 3.08. The molecular formula is C21H21FN6O2. The molecule has 2 aromatic heterocycles. The lowest BCUT2D eigenvalue weighted by Crippen LogP contribution is -2.50. The van der Waals surface area contributed by atoms with Gasteiger partial charge in [0.2, 0.25) is 0 Å². The summed E-state index contributed by atoms with van der Waals surface area (Å²) in [6.07, 6.45) is 4.44. The van der Waals surface area contributed by atoms with E-state index in [0.717, 1.165) is 0 Å². The molecule has 1 fully saturated rings. The van der Waals surface area contributed by atoms with Crippen LogP contribution < -0.4 is 0 Å². The zero-order chi connectivity index (χ0) is 21.3. The summed E-state index contributed by atoms with van der Waals surface area (Å²) in [5, 5.41) is 4.48. The van der Waals surface area contributed by atoms with Gasteiger partial charge in [-0.3, -0.25) is 14.6 Å². The minimum absolute atomic E-state index is 0.120. The van der Waals surface area contributed by atoms with Gasteiger partial charge < -0.3 is 9.80 Å². The molecule has 0 radical (unpaired) electrons. The van der Waals surface area contributed by atoms with Gasteiger partial charge in [0.15, 0.2) is 0 Å². The van der Waals surface area contributed by atoms with Gasteiger partial charge in [-0.15, -0.1) is 0 Å². The molecule has 1 aromatic carbocycles. The summed E-state index contributed by atoms with van der Waals surface area (Å²) in [6.45, 7) is 5.30. The molecule has 9 heteroatoms. The zero-order valence-corrected chi connectivity index (χ0v) is 16.7. The SMILES string of the molecule is Cc1nn(-c2ccc(F)cc2)c(C)c1C(=O)N1CCN(C(=O)c2cnccn2)CC1. The van der Waals surface area contributed by atoms with Crippen LogP contribution >= 0.6 is 0 Å². The Morgan fingerprint density at radius 1 is 0.933 bits per heavy atom. The maximum atomic E-state index is 13.2. The molecule has 4 rings (SSSR count). The normalized spacial score (nSPS) is 14.1. The van der Waals surface area contributed by atoms with E-state index in [0.29, 0.717) is 54.5 Å². The number of hydrogen-bond acceptors (Lipinski definition) is 5. The third-order valence-electron chi connectivity index (χ3n) is 5.21. The second-order valence-corrected chi connectivity index (χ2v) is 7.11. The average molecular weight is 408 g/mol. The van der Waals surface area contributed by atoms with Crippen LogP contribution in [0.2, 0.25) is 0 Å². The molecule has 0 unspecified atom stereocenters. The number of aryl methyl sites for hydroxylation is 1. The number of carbonyl (C=O) groups excluding carboxylic acids is 2. The molecule has 3 aromatic rings. The number of amides is 2. The summed E-state index contributed by atoms with van der Waals surface area (Å²) in [6, 6.07) is 5.97. The van der Waals surface area contributed by atoms with Crippen molar-refractivity contribution in [2.45, 2.75) is 13.8 Å². The Balaban J connectivity index is 1.48. The van der Waals surface area contributed by atoms with Crippen molar-refractivity contribution in [1.29, 1.82) is 0 Å². The lowest BCUT2D eigenvalue weighted by molar-refractivity contribution is 0.0531. The predicted octanol–water partition coefficient (Wildman–Crippen LogP) is 2.02. The molecule has 154 valence electrons. The number of carbonyl (C=O) groups is 2. The first-order valence-corrected chi connectivity index (χ1v) is 9.62. The van der Waals surface area contributed by atoms with E-state index in [4.69, 9.17) is 0 Å². The molecule has 2 amide bonds. The molecule has 1 saturated heterocycles. The van der Waals surface area contributed by atoms with E-state index in [1.165, 1.54) is 30.7 Å². The Hall–Kier alpha value is -3.62. The zero-order valence-electron chi connectivity index (χ0n) is 16.7. The number of hydrogen-bond donors (Lipinski definition) is 0. The molecule has 1 aliphatic heterocycles. The van der Waals surface area contributed by atoms with Gasteiger partial charge in [-0.2, -0.15) is 5.10 Å². The maximum absolute atomic E-state index is 13.2. The Labute approximate surface area is 173 Å². The number of aromatic nitrogens is 4. The standard InChI is InChI=1S/C21H21FN6O2/c1-14-19(15(2)28(25-14)17-5-3-16(22)4-6-17)21(30)27-11-9-26(10-12-27)20(29)18-13-23-7-8-24-18/h3-8,13H,9-12H2,1-2H3. The van der Waals surface area contributed by atoms with E-state index >= 15 is 0 Å². The molecule has 3 heterocycles. The fourth-order valence-electron chi connectivity index (χ4n) is 3.63. The van der Waals surface area contributed by atoms with Crippen LogP contribution in [0, 0.1) is 19.7 Å². The summed E-state index contributed by atoms with van der Waals surface area (Å²) < 4.78 is 14.9. The quantitative estimate of drug-likeness (QED) is 0.662. The van der Waals surface area contributed by atoms with Gasteiger partial charge in [0, 0.05) is 38.6 Å². The van der Waals surface area contributed by atoms with Crippen LogP contribution in [0.15, 0.2) is 42.9 Å². The van der Waals surface area contributed by atoms with Crippen molar-refractivity contribution in [2.24, 2.45) is 0 Å². The highest BCUT2D eigenvalue weighted by Crippen LogP contribution is 2.21. The van der Waals surface area contributed by atoms with E-state index in [-0.39, 0.29) is 17.6 Å². The van der Waals surface area contributed by atoms with Crippen LogP contribution in [0.5, 0.6) is 0 Å². The Morgan fingerprint density at radius 3 is 2.17 bits per heavy atom. The number of nitrogens with zero attached hydrogens (tertiary/aromatic N) is 6. The van der Waals surface area contributed by atoms with Gasteiger partial charge in [-0.25, -0.2) is 14.1 Å². The first-order valence-electron chi connectivity index (χ1n) is 9.62. The molecule has 1 aliphatic rings. The number of halogens is 1. The van der Waals surface area contributed by atoms with Gasteiger partial charge in [0.1, 0.15) is 11.5 Å². The lowest BCUT2D eigenvalue weighted by Gasteiger charge is -2.34. The molecule has 0 bridgehead atoms. The van der Waals surface area contributed by atoms with Crippen LogP contribution in [-0.4, -0.2) is 67.5 Å². The maximum Gasteiger partial charge on any atom is 0.274 e. The third-order valence-corrected chi connectivity index (χ3v) is 5.21. The molecular weight excluding hydrogens is 387 g/mol. The van der Waals surface area contributed by atoms with Gasteiger partial charge in [-0.1, -0.05) is 0 Å². The Morgan fingerprint density at radius 2 is 1.57 bits per heavy atom. The van der Waals surface area contributed by atoms with Crippen molar-refractivity contribution in [2.75, 3.05) is 26.2 Å². The Bertz CT molecular complexity index is 1070. The summed E-state index contributed by atoms with van der Waals surface area (Å²) in [7, 11) is 0. The van der Waals surface area contributed by atoms with Gasteiger partial charge in [0.05, 0.1) is 28.8 Å². The molecule has 0 atom stereocenters. The topological polar surface area (TPSA) is 84.2 Å². The van der Waals surface area contributed by atoms with Gasteiger partial charge >= 0.3 is 0 Å². The number of piperazine rings is 1. The third kappa shape index (κ3) is 3.66. The van der Waals surface area contributed by atoms with Crippen molar-refractivity contribution >= 4 is 11.8 Å². The van der Waals surface area contributed by atoms with Crippen LogP contribution in [0.25, 0.3) is 5.69 Å². The van der Waals surface area contributed by atoms with Crippen molar-refractivity contribution < 1.29 is 14.0 Å². The summed E-state index contributed by atoms with van der Waals surface area (Å²) in [5.74, 6) is -0.637. The first-order chi connectivity index (χ1) is 14.5. The van der Waals surface area contributed by atoms with Crippen molar-refractivity contribution in [1.82, 2.24) is 29.5 Å². The lowest BCUT2D eigenvalue weighted by atomic mass is 10.1. The van der Waals surface area contributed by atoms with Gasteiger partial charge in [-0.05, 0) is 38.1 Å².